The van der Waals surface area contributed by atoms with Gasteiger partial charge in [0.2, 0.25) is 0 Å². The largest absolute Gasteiger partial charge is 0.481 e. The van der Waals surface area contributed by atoms with E-state index < -0.39 is 41.9 Å². The van der Waals surface area contributed by atoms with Crippen LogP contribution in [0.1, 0.15) is 113 Å². The van der Waals surface area contributed by atoms with Gasteiger partial charge in [0.15, 0.2) is 6.10 Å². The standard InChI is InChI=1S/C25H47NO6/c1-26(2,3)21-22(20-24(29)30)32-25(31)19-17-15-13-11-9-7-5-4-6-8-10-12-14-16-18-23(27)28/h22H,4-21H2,1-3H3,(H-,27,28,29,30)/p+1/t22-/m1/s1/i1D3. The maximum Gasteiger partial charge on any atom is 0.307 e. The van der Waals surface area contributed by atoms with E-state index in [0.717, 1.165) is 38.5 Å². The highest BCUT2D eigenvalue weighted by Gasteiger charge is 2.24. The zero-order valence-electron chi connectivity index (χ0n) is 23.3. The molecule has 7 nitrogen and oxygen atoms in total. The first-order chi connectivity index (χ1) is 16.3. The molecule has 0 radical (unpaired) electrons. The van der Waals surface area contributed by atoms with Gasteiger partial charge in [0.25, 0.3) is 0 Å². The van der Waals surface area contributed by atoms with Gasteiger partial charge in [-0.05, 0) is 12.8 Å². The van der Waals surface area contributed by atoms with Gasteiger partial charge in [-0.15, -0.1) is 0 Å². The second kappa shape index (κ2) is 18.9. The van der Waals surface area contributed by atoms with E-state index >= 15 is 0 Å². The van der Waals surface area contributed by atoms with Crippen molar-refractivity contribution in [3.8, 4) is 0 Å². The number of carboxylic acid groups (broad SMARTS) is 2. The Morgan fingerprint density at radius 1 is 0.719 bits per heavy atom. The highest BCUT2D eigenvalue weighted by Crippen LogP contribution is 2.14. The summed E-state index contributed by atoms with van der Waals surface area (Å²) in [5.41, 5.74) is 0. The summed E-state index contributed by atoms with van der Waals surface area (Å²) in [6, 6.07) is 0. The van der Waals surface area contributed by atoms with E-state index in [9.17, 15) is 14.4 Å². The van der Waals surface area contributed by atoms with Crippen LogP contribution >= 0.6 is 0 Å². The van der Waals surface area contributed by atoms with Gasteiger partial charge in [-0.25, -0.2) is 0 Å². The molecule has 0 aromatic rings. The van der Waals surface area contributed by atoms with Crippen LogP contribution < -0.4 is 0 Å². The maximum atomic E-state index is 12.1. The number of hydrogen-bond donors (Lipinski definition) is 2. The van der Waals surface area contributed by atoms with E-state index in [-0.39, 0.29) is 19.4 Å². The monoisotopic (exact) mass is 461 g/mol. The zero-order chi connectivity index (χ0) is 26.7. The Hall–Kier alpha value is -1.63. The number of carboxylic acids is 2. The van der Waals surface area contributed by atoms with Gasteiger partial charge in [-0.3, -0.25) is 14.4 Å². The van der Waals surface area contributed by atoms with Crippen LogP contribution in [-0.4, -0.2) is 66.3 Å². The zero-order valence-corrected chi connectivity index (χ0v) is 20.3. The Morgan fingerprint density at radius 3 is 1.50 bits per heavy atom. The van der Waals surface area contributed by atoms with E-state index in [1.54, 1.807) is 0 Å². The van der Waals surface area contributed by atoms with Crippen molar-refractivity contribution in [3.05, 3.63) is 0 Å². The van der Waals surface area contributed by atoms with Crippen LogP contribution in [0.25, 0.3) is 0 Å². The van der Waals surface area contributed by atoms with Crippen molar-refractivity contribution in [1.82, 2.24) is 0 Å². The summed E-state index contributed by atoms with van der Waals surface area (Å²) in [4.78, 5) is 33.7. The molecule has 7 heteroatoms. The molecule has 0 aromatic heterocycles. The average molecular weight is 462 g/mol. The number of unbranched alkanes of at least 4 members (excludes halogenated alkanes) is 13. The lowest BCUT2D eigenvalue weighted by atomic mass is 10.0. The number of aliphatic carboxylic acids is 2. The number of esters is 1. The summed E-state index contributed by atoms with van der Waals surface area (Å²) in [5, 5.41) is 17.7. The lowest BCUT2D eigenvalue weighted by Crippen LogP contribution is -2.43. The predicted molar refractivity (Wildman–Crippen MR) is 127 cm³/mol. The van der Waals surface area contributed by atoms with E-state index in [4.69, 9.17) is 19.1 Å². The summed E-state index contributed by atoms with van der Waals surface area (Å²) in [6.07, 6.45) is 14.4. The third kappa shape index (κ3) is 23.0. The molecule has 0 aliphatic carbocycles. The van der Waals surface area contributed by atoms with Gasteiger partial charge in [0.1, 0.15) is 6.54 Å². The van der Waals surface area contributed by atoms with Gasteiger partial charge in [-0.1, -0.05) is 77.0 Å². The minimum absolute atomic E-state index is 0.0820. The van der Waals surface area contributed by atoms with Crippen molar-refractivity contribution >= 4 is 17.9 Å². The van der Waals surface area contributed by atoms with Crippen LogP contribution in [0.15, 0.2) is 0 Å². The summed E-state index contributed by atoms with van der Waals surface area (Å²) in [7, 11) is 2.95. The fourth-order valence-corrected chi connectivity index (χ4v) is 3.76. The number of carbonyl (C=O) groups is 3. The number of nitrogens with zero attached hydrogens (tertiary/aromatic N) is 1. The van der Waals surface area contributed by atoms with Crippen LogP contribution in [-0.2, 0) is 19.1 Å². The van der Waals surface area contributed by atoms with Crippen LogP contribution in [0, 0.1) is 0 Å². The maximum absolute atomic E-state index is 12.1. The van der Waals surface area contributed by atoms with Crippen LogP contribution in [0.2, 0.25) is 0 Å². The number of quaternary nitrogens is 1. The highest BCUT2D eigenvalue weighted by atomic mass is 16.5. The van der Waals surface area contributed by atoms with E-state index in [1.165, 1.54) is 59.0 Å². The first kappa shape index (κ1) is 25.0. The number of rotatable bonds is 22. The molecule has 2 N–H and O–H groups in total. The fraction of sp³-hybridized carbons (Fsp3) is 0.880. The first-order valence-electron chi connectivity index (χ1n) is 13.8. The lowest BCUT2D eigenvalue weighted by molar-refractivity contribution is -0.873. The molecular formula is C25H48NO6+. The molecule has 0 amide bonds. The van der Waals surface area contributed by atoms with E-state index in [1.807, 2.05) is 0 Å². The molecule has 0 bridgehead atoms. The van der Waals surface area contributed by atoms with E-state index in [0.29, 0.717) is 6.42 Å². The average Bonchev–Trinajstić information content (AvgIpc) is 2.71. The Labute approximate surface area is 199 Å². The normalized spacial score (nSPS) is 14.2. The summed E-state index contributed by atoms with van der Waals surface area (Å²) in [6.45, 7) is -2.41. The van der Waals surface area contributed by atoms with Crippen molar-refractivity contribution in [2.45, 2.75) is 115 Å². The number of carbonyl (C=O) groups excluding carboxylic acids is 1. The molecule has 0 aromatic carbocycles. The summed E-state index contributed by atoms with van der Waals surface area (Å²) >= 11 is 0. The summed E-state index contributed by atoms with van der Waals surface area (Å²) < 4.78 is 27.6. The third-order valence-corrected chi connectivity index (χ3v) is 5.38. The van der Waals surface area contributed by atoms with Gasteiger partial charge in [-0.2, -0.15) is 0 Å². The molecule has 0 saturated carbocycles. The molecule has 0 spiro atoms. The Morgan fingerprint density at radius 2 is 1.12 bits per heavy atom. The number of hydrogen-bond acceptors (Lipinski definition) is 4. The van der Waals surface area contributed by atoms with E-state index in [2.05, 4.69) is 0 Å². The molecule has 32 heavy (non-hydrogen) atoms. The molecule has 0 saturated heterocycles. The molecule has 0 aliphatic heterocycles. The molecule has 1 atom stereocenters. The Balaban J connectivity index is 3.77. The molecular weight excluding hydrogens is 410 g/mol. The minimum Gasteiger partial charge on any atom is -0.481 e. The highest BCUT2D eigenvalue weighted by molar-refractivity contribution is 5.71. The second-order valence-corrected chi connectivity index (χ2v) is 9.42. The summed E-state index contributed by atoms with van der Waals surface area (Å²) in [5.74, 6) is -2.30. The SMILES string of the molecule is [2H]C([2H])([2H])[N+](C)(C)C[C@@H](CC(=O)O)OC(=O)CCCCCCCCCCCCCCCCC(=O)O. The number of likely N-dealkylation sites (N-methyl/N-ethyl adjacent to an activating group) is 1. The van der Waals surface area contributed by atoms with Crippen LogP contribution in [0.4, 0.5) is 0 Å². The molecule has 0 heterocycles. The van der Waals surface area contributed by atoms with Crippen LogP contribution in [0.5, 0.6) is 0 Å². The fourth-order valence-electron chi connectivity index (χ4n) is 3.76. The number of ether oxygens (including phenoxy) is 1. The lowest BCUT2D eigenvalue weighted by Gasteiger charge is -2.28. The minimum atomic E-state index is -2.33. The van der Waals surface area contributed by atoms with Gasteiger partial charge in [0.05, 0.1) is 31.6 Å². The van der Waals surface area contributed by atoms with Crippen molar-refractivity contribution in [3.63, 3.8) is 0 Å². The molecule has 188 valence electrons. The Bertz CT molecular complexity index is 610. The molecule has 0 aliphatic rings. The van der Waals surface area contributed by atoms with Crippen molar-refractivity contribution in [1.29, 1.82) is 0 Å². The van der Waals surface area contributed by atoms with Gasteiger partial charge >= 0.3 is 17.9 Å². The third-order valence-electron chi connectivity index (χ3n) is 5.38. The Kier molecular flexibility index (Phi) is 14.8. The van der Waals surface area contributed by atoms with Gasteiger partial charge < -0.3 is 19.4 Å². The molecule has 0 fully saturated rings. The van der Waals surface area contributed by atoms with Crippen molar-refractivity contribution in [2.24, 2.45) is 0 Å². The second-order valence-electron chi connectivity index (χ2n) is 9.42. The first-order valence-corrected chi connectivity index (χ1v) is 12.3. The smallest absolute Gasteiger partial charge is 0.307 e. The van der Waals surface area contributed by atoms with Gasteiger partial charge in [0, 0.05) is 12.8 Å². The van der Waals surface area contributed by atoms with Crippen LogP contribution in [0.3, 0.4) is 0 Å². The topological polar surface area (TPSA) is 101 Å². The molecule has 0 rings (SSSR count). The van der Waals surface area contributed by atoms with Crippen molar-refractivity contribution < 1.29 is 37.9 Å². The van der Waals surface area contributed by atoms with Crippen molar-refractivity contribution in [2.75, 3.05) is 27.6 Å². The quantitative estimate of drug-likeness (QED) is 0.127. The predicted octanol–water partition coefficient (Wildman–Crippen LogP) is 5.41. The molecule has 0 unspecified atom stereocenters.